The largest absolute Gasteiger partial charge is 0.496 e. The minimum atomic E-state index is -0.139. The lowest BCUT2D eigenvalue weighted by Crippen LogP contribution is -2.39. The van der Waals surface area contributed by atoms with Gasteiger partial charge in [0.05, 0.1) is 19.8 Å². The van der Waals surface area contributed by atoms with Crippen LogP contribution in [0.15, 0.2) is 42.5 Å². The van der Waals surface area contributed by atoms with E-state index in [0.29, 0.717) is 12.2 Å². The van der Waals surface area contributed by atoms with Crippen LogP contribution in [0.5, 0.6) is 11.5 Å². The van der Waals surface area contributed by atoms with Crippen molar-refractivity contribution in [2.45, 2.75) is 72.6 Å². The Morgan fingerprint density at radius 2 is 1.69 bits per heavy atom. The zero-order valence-corrected chi connectivity index (χ0v) is 20.6. The monoisotopic (exact) mass is 441 g/mol. The third kappa shape index (κ3) is 8.29. The maximum atomic E-state index is 12.1. The summed E-state index contributed by atoms with van der Waals surface area (Å²) in [6.07, 6.45) is 1.38. The molecule has 176 valence electrons. The molecule has 0 bridgehead atoms. The lowest BCUT2D eigenvalue weighted by atomic mass is 9.90. The van der Waals surface area contributed by atoms with Crippen molar-refractivity contribution in [3.05, 3.63) is 59.2 Å². The summed E-state index contributed by atoms with van der Waals surface area (Å²) in [4.78, 5) is 12.1. The number of benzene rings is 2. The molecule has 0 saturated carbocycles. The Balaban J connectivity index is 2.19. The number of aliphatic hydroxyl groups excluding tert-OH is 1. The molecule has 2 aromatic carbocycles. The second-order valence-corrected chi connectivity index (χ2v) is 10.5. The summed E-state index contributed by atoms with van der Waals surface area (Å²) in [6.45, 7) is 12.8. The predicted molar refractivity (Wildman–Crippen MR) is 129 cm³/mol. The maximum absolute atomic E-state index is 12.1. The van der Waals surface area contributed by atoms with Crippen molar-refractivity contribution in [2.24, 2.45) is 5.41 Å². The number of carbonyl (C=O) groups is 1. The molecule has 0 saturated heterocycles. The summed E-state index contributed by atoms with van der Waals surface area (Å²) < 4.78 is 11.4. The summed E-state index contributed by atoms with van der Waals surface area (Å²) >= 11 is 0. The molecule has 0 fully saturated rings. The zero-order chi connectivity index (χ0) is 23.9. The molecule has 1 atom stereocenters. The number of aliphatic hydroxyl groups is 1. The van der Waals surface area contributed by atoms with Gasteiger partial charge in [-0.1, -0.05) is 45.0 Å². The van der Waals surface area contributed by atoms with Gasteiger partial charge in [0.15, 0.2) is 5.78 Å². The quantitative estimate of drug-likeness (QED) is 0.514. The van der Waals surface area contributed by atoms with E-state index in [0.717, 1.165) is 28.9 Å². The molecule has 0 heterocycles. The first-order valence-electron chi connectivity index (χ1n) is 11.2. The smallest absolute Gasteiger partial charge is 0.170 e. The topological polar surface area (TPSA) is 67.8 Å². The van der Waals surface area contributed by atoms with Crippen molar-refractivity contribution in [3.8, 4) is 11.5 Å². The predicted octanol–water partition coefficient (Wildman–Crippen LogP) is 5.44. The third-order valence-electron chi connectivity index (χ3n) is 5.14. The van der Waals surface area contributed by atoms with E-state index in [4.69, 9.17) is 9.47 Å². The molecule has 0 spiro atoms. The molecule has 2 rings (SSSR count). The lowest BCUT2D eigenvalue weighted by molar-refractivity contribution is -0.121. The van der Waals surface area contributed by atoms with E-state index >= 15 is 0 Å². The Kier molecular flexibility index (Phi) is 8.88. The number of carbonyl (C=O) groups excluding carboxylic acids is 1. The van der Waals surface area contributed by atoms with Crippen LogP contribution in [0.2, 0.25) is 0 Å². The highest BCUT2D eigenvalue weighted by molar-refractivity contribution is 5.79. The SMILES string of the molecule is COc1cc(CO)ccc1C(NC(C)(C)C)c1ccc(OCC(=O)CCC(C)(C)C)cc1. The highest BCUT2D eigenvalue weighted by Crippen LogP contribution is 2.33. The van der Waals surface area contributed by atoms with Crippen molar-refractivity contribution < 1.29 is 19.4 Å². The van der Waals surface area contributed by atoms with Crippen LogP contribution in [0, 0.1) is 5.41 Å². The van der Waals surface area contributed by atoms with E-state index in [1.807, 2.05) is 42.5 Å². The van der Waals surface area contributed by atoms with Crippen LogP contribution >= 0.6 is 0 Å². The Morgan fingerprint density at radius 3 is 2.22 bits per heavy atom. The number of ketones is 1. The van der Waals surface area contributed by atoms with Crippen LogP contribution in [0.4, 0.5) is 0 Å². The Labute approximate surface area is 193 Å². The molecule has 5 nitrogen and oxygen atoms in total. The lowest BCUT2D eigenvalue weighted by Gasteiger charge is -2.30. The molecule has 0 amide bonds. The van der Waals surface area contributed by atoms with Crippen LogP contribution in [0.1, 0.15) is 77.1 Å². The Hall–Kier alpha value is -2.37. The van der Waals surface area contributed by atoms with Crippen molar-refractivity contribution in [1.29, 1.82) is 0 Å². The molecular weight excluding hydrogens is 402 g/mol. The molecule has 0 aromatic heterocycles. The first-order chi connectivity index (χ1) is 14.9. The standard InChI is InChI=1S/C27H39NO4/c1-26(2,3)15-14-21(30)18-32-22-11-9-20(10-12-22)25(28-27(4,5)6)23-13-8-19(17-29)16-24(23)31-7/h8-13,16,25,28-29H,14-15,17-18H2,1-7H3. The summed E-state index contributed by atoms with van der Waals surface area (Å²) in [5, 5.41) is 13.1. The van der Waals surface area contributed by atoms with Crippen molar-refractivity contribution in [2.75, 3.05) is 13.7 Å². The number of ether oxygens (including phenoxy) is 2. The van der Waals surface area contributed by atoms with Gasteiger partial charge in [0.25, 0.3) is 0 Å². The van der Waals surface area contributed by atoms with Gasteiger partial charge in [0.2, 0.25) is 0 Å². The molecule has 0 aliphatic rings. The van der Waals surface area contributed by atoms with Gasteiger partial charge in [0.1, 0.15) is 18.1 Å². The number of hydrogen-bond acceptors (Lipinski definition) is 5. The van der Waals surface area contributed by atoms with E-state index in [1.54, 1.807) is 7.11 Å². The average Bonchev–Trinajstić information content (AvgIpc) is 2.73. The van der Waals surface area contributed by atoms with Gasteiger partial charge in [-0.25, -0.2) is 0 Å². The van der Waals surface area contributed by atoms with Crippen LogP contribution in [-0.4, -0.2) is 30.1 Å². The van der Waals surface area contributed by atoms with Gasteiger partial charge >= 0.3 is 0 Å². The van der Waals surface area contributed by atoms with Gasteiger partial charge < -0.3 is 19.9 Å². The molecule has 0 radical (unpaired) electrons. The third-order valence-corrected chi connectivity index (χ3v) is 5.14. The number of rotatable bonds is 10. The molecular formula is C27H39NO4. The fourth-order valence-corrected chi connectivity index (χ4v) is 3.37. The van der Waals surface area contributed by atoms with Gasteiger partial charge in [-0.05, 0) is 61.9 Å². The van der Waals surface area contributed by atoms with Crippen molar-refractivity contribution >= 4 is 5.78 Å². The number of nitrogens with one attached hydrogen (secondary N) is 1. The van der Waals surface area contributed by atoms with Gasteiger partial charge in [0, 0.05) is 17.5 Å². The second-order valence-electron chi connectivity index (χ2n) is 10.5. The van der Waals surface area contributed by atoms with Gasteiger partial charge in [-0.3, -0.25) is 4.79 Å². The number of Topliss-reactive ketones (excluding diaryl/α,β-unsaturated/α-hetero) is 1. The van der Waals surface area contributed by atoms with E-state index in [-0.39, 0.29) is 36.0 Å². The van der Waals surface area contributed by atoms with Crippen LogP contribution in [0.3, 0.4) is 0 Å². The van der Waals surface area contributed by atoms with Crippen molar-refractivity contribution in [3.63, 3.8) is 0 Å². The van der Waals surface area contributed by atoms with E-state index in [1.165, 1.54) is 0 Å². The zero-order valence-electron chi connectivity index (χ0n) is 20.6. The van der Waals surface area contributed by atoms with Crippen LogP contribution in [-0.2, 0) is 11.4 Å². The molecule has 0 aliphatic heterocycles. The average molecular weight is 442 g/mol. The highest BCUT2D eigenvalue weighted by atomic mass is 16.5. The summed E-state index contributed by atoms with van der Waals surface area (Å²) in [5.74, 6) is 1.52. The summed E-state index contributed by atoms with van der Waals surface area (Å²) in [5.41, 5.74) is 2.86. The first-order valence-corrected chi connectivity index (χ1v) is 11.2. The molecule has 0 aliphatic carbocycles. The van der Waals surface area contributed by atoms with Crippen LogP contribution in [0.25, 0.3) is 0 Å². The summed E-state index contributed by atoms with van der Waals surface area (Å²) in [6, 6.07) is 13.5. The second kappa shape index (κ2) is 11.0. The Morgan fingerprint density at radius 1 is 1.03 bits per heavy atom. The molecule has 1 unspecified atom stereocenters. The molecule has 2 aromatic rings. The number of hydrogen-bond donors (Lipinski definition) is 2. The van der Waals surface area contributed by atoms with Gasteiger partial charge in [-0.2, -0.15) is 0 Å². The summed E-state index contributed by atoms with van der Waals surface area (Å²) in [7, 11) is 1.64. The Bertz CT molecular complexity index is 876. The fourth-order valence-electron chi connectivity index (χ4n) is 3.37. The number of methoxy groups -OCH3 is 1. The van der Waals surface area contributed by atoms with Crippen molar-refractivity contribution in [1.82, 2.24) is 5.32 Å². The van der Waals surface area contributed by atoms with Crippen LogP contribution < -0.4 is 14.8 Å². The molecule has 5 heteroatoms. The normalized spacial score (nSPS) is 13.0. The first kappa shape index (κ1) is 25.9. The fraction of sp³-hybridized carbons (Fsp3) is 0.519. The van der Waals surface area contributed by atoms with E-state index in [2.05, 4.69) is 46.9 Å². The highest BCUT2D eigenvalue weighted by Gasteiger charge is 2.24. The van der Waals surface area contributed by atoms with E-state index in [9.17, 15) is 9.90 Å². The maximum Gasteiger partial charge on any atom is 0.170 e. The minimum absolute atomic E-state index is 0.0332. The minimum Gasteiger partial charge on any atom is -0.496 e. The molecule has 2 N–H and O–H groups in total. The van der Waals surface area contributed by atoms with E-state index < -0.39 is 0 Å². The molecule has 32 heavy (non-hydrogen) atoms. The van der Waals surface area contributed by atoms with Gasteiger partial charge in [-0.15, -0.1) is 0 Å².